The van der Waals surface area contributed by atoms with E-state index in [0.717, 1.165) is 40.8 Å². The highest BCUT2D eigenvalue weighted by atomic mass is 16.5. The molecule has 0 saturated heterocycles. The van der Waals surface area contributed by atoms with Gasteiger partial charge in [0.2, 0.25) is 0 Å². The fourth-order valence-corrected chi connectivity index (χ4v) is 4.07. The second-order valence-electron chi connectivity index (χ2n) is 7.61. The average molecular weight is 389 g/mol. The number of benzene rings is 2. The fraction of sp³-hybridized carbons (Fsp3) is 0.360. The van der Waals surface area contributed by atoms with Crippen LogP contribution in [0.5, 0.6) is 11.5 Å². The van der Waals surface area contributed by atoms with Gasteiger partial charge in [0, 0.05) is 17.4 Å². The van der Waals surface area contributed by atoms with Crippen LogP contribution in [0.2, 0.25) is 0 Å². The van der Waals surface area contributed by atoms with E-state index in [0.29, 0.717) is 24.7 Å². The number of ether oxygens (including phenoxy) is 2. The molecule has 29 heavy (non-hydrogen) atoms. The van der Waals surface area contributed by atoms with Crippen LogP contribution >= 0.6 is 0 Å². The number of para-hydroxylation sites is 1. The summed E-state index contributed by atoms with van der Waals surface area (Å²) in [5.41, 5.74) is 2.88. The van der Waals surface area contributed by atoms with Crippen molar-refractivity contribution in [1.82, 2.24) is 4.98 Å². The van der Waals surface area contributed by atoms with Gasteiger partial charge in [-0.05, 0) is 43.0 Å². The van der Waals surface area contributed by atoms with Crippen molar-refractivity contribution >= 4 is 16.9 Å². The summed E-state index contributed by atoms with van der Waals surface area (Å²) in [6.45, 7) is 2.20. The summed E-state index contributed by atoms with van der Waals surface area (Å²) in [6.07, 6.45) is 6.23. The van der Waals surface area contributed by atoms with E-state index >= 15 is 0 Å². The molecule has 4 rings (SSSR count). The highest BCUT2D eigenvalue weighted by Gasteiger charge is 2.24. The van der Waals surface area contributed by atoms with Gasteiger partial charge in [-0.2, -0.15) is 0 Å². The Labute approximate surface area is 171 Å². The molecule has 1 aromatic heterocycles. The third kappa shape index (κ3) is 4.58. The zero-order chi connectivity index (χ0) is 20.1. The molecule has 0 N–H and O–H groups in total. The summed E-state index contributed by atoms with van der Waals surface area (Å²) >= 11 is 0. The molecule has 4 nitrogen and oxygen atoms in total. The zero-order valence-corrected chi connectivity index (χ0v) is 16.9. The Morgan fingerprint density at radius 2 is 1.76 bits per heavy atom. The minimum Gasteiger partial charge on any atom is -0.487 e. The number of carbonyl (C=O) groups excluding carboxylic acids is 1. The summed E-state index contributed by atoms with van der Waals surface area (Å²) < 4.78 is 11.9. The zero-order valence-electron chi connectivity index (χ0n) is 16.9. The summed E-state index contributed by atoms with van der Waals surface area (Å²) in [5.74, 6) is 1.60. The average Bonchev–Trinajstić information content (AvgIpc) is 2.78. The maximum absolute atomic E-state index is 12.0. The largest absolute Gasteiger partial charge is 0.487 e. The van der Waals surface area contributed by atoms with Gasteiger partial charge in [0.25, 0.3) is 0 Å². The molecule has 0 aliphatic heterocycles. The number of pyridine rings is 1. The number of carbonyl (C=O) groups is 1. The SMILES string of the molecule is CCC(=O)Oc1cccc(OCc2ccc3ccccc3n2)c1C1CCCCC1. The maximum Gasteiger partial charge on any atom is 0.310 e. The van der Waals surface area contributed by atoms with E-state index < -0.39 is 0 Å². The van der Waals surface area contributed by atoms with Gasteiger partial charge < -0.3 is 9.47 Å². The monoisotopic (exact) mass is 389 g/mol. The Morgan fingerprint density at radius 1 is 0.966 bits per heavy atom. The van der Waals surface area contributed by atoms with Crippen molar-refractivity contribution in [1.29, 1.82) is 0 Å². The molecular weight excluding hydrogens is 362 g/mol. The number of aromatic nitrogens is 1. The Hall–Kier alpha value is -2.88. The van der Waals surface area contributed by atoms with E-state index in [1.807, 2.05) is 49.4 Å². The summed E-state index contributed by atoms with van der Waals surface area (Å²) in [7, 11) is 0. The summed E-state index contributed by atoms with van der Waals surface area (Å²) in [5, 5.41) is 1.12. The highest BCUT2D eigenvalue weighted by molar-refractivity contribution is 5.78. The van der Waals surface area contributed by atoms with Crippen LogP contribution < -0.4 is 9.47 Å². The van der Waals surface area contributed by atoms with Crippen LogP contribution in [-0.2, 0) is 11.4 Å². The Kier molecular flexibility index (Phi) is 6.09. The second kappa shape index (κ2) is 9.08. The Morgan fingerprint density at radius 3 is 2.59 bits per heavy atom. The van der Waals surface area contributed by atoms with Gasteiger partial charge in [0.1, 0.15) is 18.1 Å². The van der Waals surface area contributed by atoms with Gasteiger partial charge in [-0.1, -0.05) is 56.5 Å². The normalized spacial score (nSPS) is 14.7. The van der Waals surface area contributed by atoms with Crippen LogP contribution in [0.4, 0.5) is 0 Å². The van der Waals surface area contributed by atoms with Crippen molar-refractivity contribution in [2.75, 3.05) is 0 Å². The Bertz CT molecular complexity index is 992. The van der Waals surface area contributed by atoms with Crippen molar-refractivity contribution in [3.63, 3.8) is 0 Å². The third-order valence-corrected chi connectivity index (χ3v) is 5.58. The van der Waals surface area contributed by atoms with Gasteiger partial charge in [-0.25, -0.2) is 4.98 Å². The molecule has 1 saturated carbocycles. The van der Waals surface area contributed by atoms with Crippen LogP contribution in [0.3, 0.4) is 0 Å². The number of nitrogens with zero attached hydrogens (tertiary/aromatic N) is 1. The molecule has 150 valence electrons. The summed E-state index contributed by atoms with van der Waals surface area (Å²) in [6, 6.07) is 17.9. The number of hydrogen-bond acceptors (Lipinski definition) is 4. The van der Waals surface area contributed by atoms with Gasteiger partial charge >= 0.3 is 5.97 Å². The van der Waals surface area contributed by atoms with Crippen LogP contribution in [0, 0.1) is 0 Å². The molecule has 0 radical (unpaired) electrons. The predicted molar refractivity (Wildman–Crippen MR) is 114 cm³/mol. The molecular formula is C25H27NO3. The van der Waals surface area contributed by atoms with Gasteiger partial charge in [0.15, 0.2) is 0 Å². The molecule has 0 bridgehead atoms. The first-order chi connectivity index (χ1) is 14.2. The van der Waals surface area contributed by atoms with Crippen molar-refractivity contribution in [3.05, 3.63) is 65.9 Å². The van der Waals surface area contributed by atoms with Gasteiger partial charge in [-0.15, -0.1) is 0 Å². The molecule has 1 heterocycles. The molecule has 0 amide bonds. The summed E-state index contributed by atoms with van der Waals surface area (Å²) in [4.78, 5) is 16.7. The molecule has 1 aliphatic rings. The lowest BCUT2D eigenvalue weighted by Crippen LogP contribution is -2.13. The van der Waals surface area contributed by atoms with E-state index in [2.05, 4.69) is 12.1 Å². The lowest BCUT2D eigenvalue weighted by molar-refractivity contribution is -0.134. The molecule has 1 aliphatic carbocycles. The molecule has 0 unspecified atom stereocenters. The van der Waals surface area contributed by atoms with Crippen LogP contribution in [0.15, 0.2) is 54.6 Å². The van der Waals surface area contributed by atoms with Crippen molar-refractivity contribution in [2.24, 2.45) is 0 Å². The van der Waals surface area contributed by atoms with E-state index in [4.69, 9.17) is 14.5 Å². The minimum absolute atomic E-state index is 0.213. The molecule has 4 heteroatoms. The van der Waals surface area contributed by atoms with Crippen molar-refractivity contribution in [2.45, 2.75) is 58.0 Å². The third-order valence-electron chi connectivity index (χ3n) is 5.58. The molecule has 3 aromatic rings. The topological polar surface area (TPSA) is 48.4 Å². The smallest absolute Gasteiger partial charge is 0.310 e. The van der Waals surface area contributed by atoms with Crippen LogP contribution in [0.25, 0.3) is 10.9 Å². The number of rotatable bonds is 6. The predicted octanol–water partition coefficient (Wildman–Crippen LogP) is 6.18. The standard InChI is InChI=1S/C25H27NO3/c1-2-24(27)29-23-14-8-13-22(25(23)19-10-4-3-5-11-19)28-17-20-16-15-18-9-6-7-12-21(18)26-20/h6-9,12-16,19H,2-5,10-11,17H2,1H3. The molecule has 0 spiro atoms. The van der Waals surface area contributed by atoms with E-state index in [9.17, 15) is 4.79 Å². The first kappa shape index (κ1) is 19.4. The molecule has 0 atom stereocenters. The van der Waals surface area contributed by atoms with E-state index in [1.54, 1.807) is 0 Å². The maximum atomic E-state index is 12.0. The molecule has 1 fully saturated rings. The molecule has 2 aromatic carbocycles. The number of fused-ring (bicyclic) bond motifs is 1. The number of hydrogen-bond donors (Lipinski definition) is 0. The minimum atomic E-state index is -0.213. The van der Waals surface area contributed by atoms with Crippen molar-refractivity contribution < 1.29 is 14.3 Å². The Balaban J connectivity index is 1.60. The first-order valence-electron chi connectivity index (χ1n) is 10.6. The highest BCUT2D eigenvalue weighted by Crippen LogP contribution is 2.43. The van der Waals surface area contributed by atoms with Crippen molar-refractivity contribution in [3.8, 4) is 11.5 Å². The lowest BCUT2D eigenvalue weighted by atomic mass is 9.83. The lowest BCUT2D eigenvalue weighted by Gasteiger charge is -2.26. The van der Waals surface area contributed by atoms with Crippen LogP contribution in [-0.4, -0.2) is 11.0 Å². The van der Waals surface area contributed by atoms with Crippen LogP contribution in [0.1, 0.15) is 62.6 Å². The van der Waals surface area contributed by atoms with E-state index in [1.165, 1.54) is 19.3 Å². The quantitative estimate of drug-likeness (QED) is 0.373. The van der Waals surface area contributed by atoms with Gasteiger partial charge in [-0.3, -0.25) is 4.79 Å². The van der Waals surface area contributed by atoms with Gasteiger partial charge in [0.05, 0.1) is 11.2 Å². The second-order valence-corrected chi connectivity index (χ2v) is 7.61. The van der Waals surface area contributed by atoms with E-state index in [-0.39, 0.29) is 5.97 Å². The number of esters is 1. The fourth-order valence-electron chi connectivity index (χ4n) is 4.07. The first-order valence-corrected chi connectivity index (χ1v) is 10.6.